The van der Waals surface area contributed by atoms with E-state index in [0.717, 1.165) is 18.7 Å². The molecule has 1 fully saturated rings. The zero-order valence-electron chi connectivity index (χ0n) is 11.2. The highest BCUT2D eigenvalue weighted by molar-refractivity contribution is 5.85. The van der Waals surface area contributed by atoms with Crippen molar-refractivity contribution in [1.29, 1.82) is 0 Å². The van der Waals surface area contributed by atoms with Crippen LogP contribution in [-0.2, 0) is 6.42 Å². The van der Waals surface area contributed by atoms with Crippen LogP contribution < -0.4 is 10.1 Å². The Balaban J connectivity index is 0.00000133. The number of aromatic amines is 1. The summed E-state index contributed by atoms with van der Waals surface area (Å²) >= 11 is 0. The summed E-state index contributed by atoms with van der Waals surface area (Å²) in [7, 11) is 1.72. The Morgan fingerprint density at radius 3 is 2.95 bits per heavy atom. The van der Waals surface area contributed by atoms with Gasteiger partial charge < -0.3 is 15.0 Å². The summed E-state index contributed by atoms with van der Waals surface area (Å²) in [5.74, 6) is 0.931. The van der Waals surface area contributed by atoms with Crippen LogP contribution in [0.4, 0.5) is 0 Å². The van der Waals surface area contributed by atoms with Crippen molar-refractivity contribution in [3.8, 4) is 5.75 Å². The largest absolute Gasteiger partial charge is 0.497 e. The van der Waals surface area contributed by atoms with Crippen LogP contribution in [0, 0.1) is 0 Å². The van der Waals surface area contributed by atoms with Crippen LogP contribution in [0.1, 0.15) is 24.8 Å². The smallest absolute Gasteiger partial charge is 0.119 e. The van der Waals surface area contributed by atoms with Gasteiger partial charge >= 0.3 is 0 Å². The summed E-state index contributed by atoms with van der Waals surface area (Å²) in [6, 6.07) is 6.85. The average molecular weight is 281 g/mol. The maximum atomic E-state index is 5.31. The van der Waals surface area contributed by atoms with Gasteiger partial charge in [0.1, 0.15) is 5.75 Å². The predicted octanol–water partition coefficient (Wildman–Crippen LogP) is 3.28. The molecule has 0 bridgehead atoms. The molecule has 1 unspecified atom stereocenters. The Hall–Kier alpha value is -1.19. The predicted molar refractivity (Wildman–Crippen MR) is 81.4 cm³/mol. The number of H-pyrrole nitrogens is 1. The van der Waals surface area contributed by atoms with E-state index in [2.05, 4.69) is 28.6 Å². The molecule has 4 heteroatoms. The number of ether oxygens (including phenoxy) is 1. The molecule has 19 heavy (non-hydrogen) atoms. The van der Waals surface area contributed by atoms with E-state index in [1.54, 1.807) is 7.11 Å². The summed E-state index contributed by atoms with van der Waals surface area (Å²) in [4.78, 5) is 3.35. The van der Waals surface area contributed by atoms with E-state index >= 15 is 0 Å². The molecule has 1 aliphatic heterocycles. The van der Waals surface area contributed by atoms with E-state index in [1.165, 1.54) is 35.7 Å². The summed E-state index contributed by atoms with van der Waals surface area (Å²) < 4.78 is 5.31. The van der Waals surface area contributed by atoms with Crippen molar-refractivity contribution in [1.82, 2.24) is 10.3 Å². The summed E-state index contributed by atoms with van der Waals surface area (Å²) in [5.41, 5.74) is 2.59. The van der Waals surface area contributed by atoms with E-state index in [1.807, 2.05) is 6.07 Å². The Morgan fingerprint density at radius 2 is 2.21 bits per heavy atom. The lowest BCUT2D eigenvalue weighted by Crippen LogP contribution is -2.35. The molecule has 2 aromatic rings. The fourth-order valence-corrected chi connectivity index (χ4v) is 2.82. The van der Waals surface area contributed by atoms with Gasteiger partial charge in [0.2, 0.25) is 0 Å². The van der Waals surface area contributed by atoms with Crippen molar-refractivity contribution < 1.29 is 4.74 Å². The molecule has 0 radical (unpaired) electrons. The van der Waals surface area contributed by atoms with Gasteiger partial charge in [-0.3, -0.25) is 0 Å². The van der Waals surface area contributed by atoms with E-state index in [-0.39, 0.29) is 12.4 Å². The zero-order valence-corrected chi connectivity index (χ0v) is 12.1. The molecule has 3 nitrogen and oxygen atoms in total. The van der Waals surface area contributed by atoms with Crippen LogP contribution in [0.15, 0.2) is 24.4 Å². The maximum Gasteiger partial charge on any atom is 0.119 e. The highest BCUT2D eigenvalue weighted by Gasteiger charge is 2.15. The summed E-state index contributed by atoms with van der Waals surface area (Å²) in [6.07, 6.45) is 7.20. The van der Waals surface area contributed by atoms with E-state index in [0.29, 0.717) is 6.04 Å². The quantitative estimate of drug-likeness (QED) is 0.905. The number of fused-ring (bicyclic) bond motifs is 1. The van der Waals surface area contributed by atoms with Gasteiger partial charge in [0.15, 0.2) is 0 Å². The number of hydrogen-bond acceptors (Lipinski definition) is 2. The Morgan fingerprint density at radius 1 is 1.32 bits per heavy atom. The van der Waals surface area contributed by atoms with E-state index in [9.17, 15) is 0 Å². The molecule has 0 amide bonds. The first-order valence-corrected chi connectivity index (χ1v) is 6.74. The van der Waals surface area contributed by atoms with Gasteiger partial charge in [0, 0.05) is 23.1 Å². The SMILES string of the molecule is COc1ccc2[nH]cc(CC3CCCCN3)c2c1.Cl. The molecule has 1 saturated heterocycles. The van der Waals surface area contributed by atoms with Gasteiger partial charge in [-0.1, -0.05) is 6.42 Å². The molecule has 2 N–H and O–H groups in total. The second-order valence-corrected chi connectivity index (χ2v) is 5.08. The number of rotatable bonds is 3. The van der Waals surface area contributed by atoms with Crippen molar-refractivity contribution in [3.05, 3.63) is 30.0 Å². The third kappa shape index (κ3) is 3.04. The van der Waals surface area contributed by atoms with Crippen molar-refractivity contribution in [2.45, 2.75) is 31.7 Å². The van der Waals surface area contributed by atoms with Crippen LogP contribution in [0.5, 0.6) is 5.75 Å². The van der Waals surface area contributed by atoms with Gasteiger partial charge in [-0.2, -0.15) is 0 Å². The molecule has 3 rings (SSSR count). The Bertz CT molecular complexity index is 532. The second kappa shape index (κ2) is 6.31. The lowest BCUT2D eigenvalue weighted by Gasteiger charge is -2.23. The van der Waals surface area contributed by atoms with Crippen molar-refractivity contribution in [2.24, 2.45) is 0 Å². The molecule has 2 heterocycles. The Kier molecular flexibility index (Phi) is 4.72. The molecule has 104 valence electrons. The summed E-state index contributed by atoms with van der Waals surface area (Å²) in [6.45, 7) is 1.16. The fourth-order valence-electron chi connectivity index (χ4n) is 2.82. The molecule has 1 aromatic carbocycles. The van der Waals surface area contributed by atoms with Crippen LogP contribution >= 0.6 is 12.4 Å². The molecule has 1 aromatic heterocycles. The van der Waals surface area contributed by atoms with E-state index in [4.69, 9.17) is 4.74 Å². The van der Waals surface area contributed by atoms with Gasteiger partial charge in [-0.15, -0.1) is 12.4 Å². The normalized spacial score (nSPS) is 19.1. The highest BCUT2D eigenvalue weighted by atomic mass is 35.5. The Labute approximate surface area is 120 Å². The second-order valence-electron chi connectivity index (χ2n) is 5.08. The zero-order chi connectivity index (χ0) is 12.4. The van der Waals surface area contributed by atoms with Crippen LogP contribution in [0.25, 0.3) is 10.9 Å². The van der Waals surface area contributed by atoms with Crippen molar-refractivity contribution in [3.63, 3.8) is 0 Å². The lowest BCUT2D eigenvalue weighted by molar-refractivity contribution is 0.400. The maximum absolute atomic E-state index is 5.31. The number of nitrogens with one attached hydrogen (secondary N) is 2. The molecular formula is C15H21ClN2O. The third-order valence-corrected chi connectivity index (χ3v) is 3.85. The minimum atomic E-state index is 0. The monoisotopic (exact) mass is 280 g/mol. The fraction of sp³-hybridized carbons (Fsp3) is 0.467. The minimum absolute atomic E-state index is 0. The molecule has 1 aliphatic rings. The van der Waals surface area contributed by atoms with Gasteiger partial charge in [-0.05, 0) is 49.6 Å². The van der Waals surface area contributed by atoms with E-state index < -0.39 is 0 Å². The van der Waals surface area contributed by atoms with Gasteiger partial charge in [-0.25, -0.2) is 0 Å². The number of methoxy groups -OCH3 is 1. The highest BCUT2D eigenvalue weighted by Crippen LogP contribution is 2.25. The van der Waals surface area contributed by atoms with Crippen LogP contribution in [0.3, 0.4) is 0 Å². The average Bonchev–Trinajstić information content (AvgIpc) is 2.82. The molecule has 0 spiro atoms. The third-order valence-electron chi connectivity index (χ3n) is 3.85. The molecular weight excluding hydrogens is 260 g/mol. The molecule has 0 aliphatic carbocycles. The first kappa shape index (κ1) is 14.2. The topological polar surface area (TPSA) is 37.0 Å². The lowest BCUT2D eigenvalue weighted by atomic mass is 9.97. The number of hydrogen-bond donors (Lipinski definition) is 2. The first-order valence-electron chi connectivity index (χ1n) is 6.74. The number of benzene rings is 1. The number of aromatic nitrogens is 1. The van der Waals surface area contributed by atoms with Crippen LogP contribution in [0.2, 0.25) is 0 Å². The van der Waals surface area contributed by atoms with Crippen LogP contribution in [-0.4, -0.2) is 24.7 Å². The number of piperidine rings is 1. The van der Waals surface area contributed by atoms with Crippen molar-refractivity contribution >= 4 is 23.3 Å². The van der Waals surface area contributed by atoms with Crippen molar-refractivity contribution in [2.75, 3.05) is 13.7 Å². The van der Waals surface area contributed by atoms with Gasteiger partial charge in [0.25, 0.3) is 0 Å². The minimum Gasteiger partial charge on any atom is -0.497 e. The first-order chi connectivity index (χ1) is 8.86. The standard InChI is InChI=1S/C15H20N2O.ClH/c1-18-13-5-6-15-14(9-13)11(10-17-15)8-12-4-2-3-7-16-12;/h5-6,9-10,12,16-17H,2-4,7-8H2,1H3;1H. The summed E-state index contributed by atoms with van der Waals surface area (Å²) in [5, 5.41) is 4.90. The van der Waals surface area contributed by atoms with Gasteiger partial charge in [0.05, 0.1) is 7.11 Å². The molecule has 0 saturated carbocycles. The number of halogens is 1. The molecule has 1 atom stereocenters.